The molecule has 2 heterocycles. The summed E-state index contributed by atoms with van der Waals surface area (Å²) < 4.78 is 15.7. The van der Waals surface area contributed by atoms with E-state index in [0.717, 1.165) is 36.8 Å². The topological polar surface area (TPSA) is 48.0 Å². The molecule has 6 heteroatoms. The van der Waals surface area contributed by atoms with Crippen LogP contribution >= 0.6 is 11.8 Å². The number of hydrogen-bond donors (Lipinski definition) is 0. The van der Waals surface area contributed by atoms with Crippen LogP contribution in [-0.2, 0) is 9.53 Å². The van der Waals surface area contributed by atoms with Gasteiger partial charge >= 0.3 is 0 Å². The van der Waals surface area contributed by atoms with Gasteiger partial charge in [-0.2, -0.15) is 11.8 Å². The van der Waals surface area contributed by atoms with Crippen molar-refractivity contribution in [3.63, 3.8) is 0 Å². The summed E-state index contributed by atoms with van der Waals surface area (Å²) in [5, 5.41) is 0.389. The second kappa shape index (κ2) is 6.58. The largest absolute Gasteiger partial charge is 0.454 e. The molecule has 5 nitrogen and oxygen atoms in total. The number of nitrogens with zero attached hydrogens (tertiary/aromatic N) is 1. The number of amides is 1. The number of ether oxygens (including phenoxy) is 3. The van der Waals surface area contributed by atoms with Gasteiger partial charge in [0.1, 0.15) is 6.61 Å². The lowest BCUT2D eigenvalue weighted by atomic mass is 10.1. The Morgan fingerprint density at radius 3 is 3.10 bits per heavy atom. The van der Waals surface area contributed by atoms with Crippen LogP contribution in [0.1, 0.15) is 17.2 Å². The fourth-order valence-electron chi connectivity index (χ4n) is 2.61. The van der Waals surface area contributed by atoms with Crippen LogP contribution < -0.4 is 9.47 Å². The van der Waals surface area contributed by atoms with Crippen molar-refractivity contribution < 1.29 is 19.0 Å². The molecule has 2 aliphatic heterocycles. The quantitative estimate of drug-likeness (QED) is 0.855. The molecule has 0 N–H and O–H groups in total. The molecular formula is C15H19NO4S. The Bertz CT molecular complexity index is 522. The number of rotatable bonds is 3. The van der Waals surface area contributed by atoms with Crippen LogP contribution in [0.3, 0.4) is 0 Å². The first-order valence-corrected chi connectivity index (χ1v) is 8.10. The fourth-order valence-corrected chi connectivity index (χ4v) is 3.84. The molecule has 1 aromatic carbocycles. The predicted molar refractivity (Wildman–Crippen MR) is 80.8 cm³/mol. The highest BCUT2D eigenvalue weighted by molar-refractivity contribution is 7.99. The minimum absolute atomic E-state index is 0.0736. The standard InChI is InChI=1S/C15H19NO4S/c1-18-9-15(17)16-5-4-14(21-7-6-16)11-2-3-12-13(8-11)20-10-19-12/h2-3,8,14H,4-7,9-10H2,1H3. The van der Waals surface area contributed by atoms with Crippen molar-refractivity contribution >= 4 is 17.7 Å². The van der Waals surface area contributed by atoms with Crippen LogP contribution in [0, 0.1) is 0 Å². The van der Waals surface area contributed by atoms with Crippen molar-refractivity contribution in [3.05, 3.63) is 23.8 Å². The van der Waals surface area contributed by atoms with Gasteiger partial charge in [0.05, 0.1) is 0 Å². The van der Waals surface area contributed by atoms with Gasteiger partial charge in [0.25, 0.3) is 0 Å². The summed E-state index contributed by atoms with van der Waals surface area (Å²) in [6, 6.07) is 6.13. The van der Waals surface area contributed by atoms with Crippen molar-refractivity contribution in [2.24, 2.45) is 0 Å². The monoisotopic (exact) mass is 309 g/mol. The summed E-state index contributed by atoms with van der Waals surface area (Å²) in [6.07, 6.45) is 0.944. The fraction of sp³-hybridized carbons (Fsp3) is 0.533. The van der Waals surface area contributed by atoms with Gasteiger partial charge in [0.2, 0.25) is 12.7 Å². The summed E-state index contributed by atoms with van der Waals surface area (Å²) in [7, 11) is 1.56. The Hall–Kier alpha value is -1.40. The van der Waals surface area contributed by atoms with E-state index in [1.54, 1.807) is 7.11 Å². The first kappa shape index (κ1) is 14.5. The number of thioether (sulfide) groups is 1. The smallest absolute Gasteiger partial charge is 0.248 e. The summed E-state index contributed by atoms with van der Waals surface area (Å²) in [5.41, 5.74) is 1.24. The maximum absolute atomic E-state index is 11.9. The Morgan fingerprint density at radius 2 is 2.24 bits per heavy atom. The summed E-state index contributed by atoms with van der Waals surface area (Å²) in [4.78, 5) is 13.8. The Morgan fingerprint density at radius 1 is 1.38 bits per heavy atom. The highest BCUT2D eigenvalue weighted by Gasteiger charge is 2.23. The van der Waals surface area contributed by atoms with Crippen LogP contribution in [0.4, 0.5) is 0 Å². The van der Waals surface area contributed by atoms with Gasteiger partial charge in [0, 0.05) is 31.2 Å². The molecule has 1 aromatic rings. The van der Waals surface area contributed by atoms with Gasteiger partial charge in [-0.15, -0.1) is 0 Å². The van der Waals surface area contributed by atoms with Crippen molar-refractivity contribution in [3.8, 4) is 11.5 Å². The highest BCUT2D eigenvalue weighted by atomic mass is 32.2. The molecule has 1 saturated heterocycles. The van der Waals surface area contributed by atoms with Gasteiger partial charge < -0.3 is 19.1 Å². The van der Waals surface area contributed by atoms with Gasteiger partial charge in [-0.05, 0) is 24.1 Å². The molecule has 1 atom stereocenters. The van der Waals surface area contributed by atoms with Crippen molar-refractivity contribution in [2.45, 2.75) is 11.7 Å². The molecule has 0 saturated carbocycles. The second-order valence-electron chi connectivity index (χ2n) is 5.07. The first-order chi connectivity index (χ1) is 10.3. The maximum atomic E-state index is 11.9. The number of benzene rings is 1. The third-order valence-corrected chi connectivity index (χ3v) is 5.06. The minimum Gasteiger partial charge on any atom is -0.454 e. The molecule has 0 aromatic heterocycles. The summed E-state index contributed by atoms with van der Waals surface area (Å²) in [5.74, 6) is 2.65. The Balaban J connectivity index is 1.66. The normalized spacial score (nSPS) is 21.2. The maximum Gasteiger partial charge on any atom is 0.248 e. The third-order valence-electron chi connectivity index (χ3n) is 3.73. The number of hydrogen-bond acceptors (Lipinski definition) is 5. The minimum atomic E-state index is 0.0736. The highest BCUT2D eigenvalue weighted by Crippen LogP contribution is 2.40. The molecular weight excluding hydrogens is 290 g/mol. The lowest BCUT2D eigenvalue weighted by Crippen LogP contribution is -2.35. The Labute approximate surface area is 128 Å². The van der Waals surface area contributed by atoms with E-state index in [-0.39, 0.29) is 12.5 Å². The summed E-state index contributed by atoms with van der Waals surface area (Å²) >= 11 is 1.89. The zero-order chi connectivity index (χ0) is 14.7. The SMILES string of the molecule is COCC(=O)N1CCSC(c2ccc3c(c2)OCO3)CC1. The molecule has 2 aliphatic rings. The third kappa shape index (κ3) is 3.27. The molecule has 1 fully saturated rings. The molecule has 0 spiro atoms. The predicted octanol–water partition coefficient (Wildman–Crippen LogP) is 2.07. The van der Waals surface area contributed by atoms with Crippen molar-refractivity contribution in [2.75, 3.05) is 39.4 Å². The van der Waals surface area contributed by atoms with Crippen LogP contribution in [0.5, 0.6) is 11.5 Å². The average Bonchev–Trinajstić information content (AvgIpc) is 2.82. The second-order valence-corrected chi connectivity index (χ2v) is 6.39. The number of methoxy groups -OCH3 is 1. The lowest BCUT2D eigenvalue weighted by molar-refractivity contribution is -0.134. The number of carbonyl (C=O) groups excluding carboxylic acids is 1. The van der Waals surface area contributed by atoms with E-state index in [9.17, 15) is 4.79 Å². The van der Waals surface area contributed by atoms with Crippen LogP contribution in [0.25, 0.3) is 0 Å². The molecule has 0 radical (unpaired) electrons. The average molecular weight is 309 g/mol. The molecule has 1 amide bonds. The van der Waals surface area contributed by atoms with E-state index in [2.05, 4.69) is 12.1 Å². The number of carbonyl (C=O) groups is 1. The van der Waals surface area contributed by atoms with Crippen LogP contribution in [0.2, 0.25) is 0 Å². The molecule has 21 heavy (non-hydrogen) atoms. The van der Waals surface area contributed by atoms with Crippen LogP contribution in [0.15, 0.2) is 18.2 Å². The van der Waals surface area contributed by atoms with Gasteiger partial charge in [0.15, 0.2) is 11.5 Å². The van der Waals surface area contributed by atoms with E-state index in [4.69, 9.17) is 14.2 Å². The molecule has 1 unspecified atom stereocenters. The van der Waals surface area contributed by atoms with E-state index < -0.39 is 0 Å². The molecule has 0 aliphatic carbocycles. The van der Waals surface area contributed by atoms with Gasteiger partial charge in [-0.1, -0.05) is 6.07 Å². The van der Waals surface area contributed by atoms with Crippen LogP contribution in [-0.4, -0.2) is 50.2 Å². The van der Waals surface area contributed by atoms with Crippen molar-refractivity contribution in [1.82, 2.24) is 4.90 Å². The Kier molecular flexibility index (Phi) is 4.55. The van der Waals surface area contributed by atoms with E-state index >= 15 is 0 Å². The first-order valence-electron chi connectivity index (χ1n) is 7.06. The zero-order valence-electron chi connectivity index (χ0n) is 12.0. The van der Waals surface area contributed by atoms with E-state index in [0.29, 0.717) is 12.0 Å². The van der Waals surface area contributed by atoms with Gasteiger partial charge in [-0.3, -0.25) is 4.79 Å². The molecule has 114 valence electrons. The van der Waals surface area contributed by atoms with E-state index in [1.807, 2.05) is 22.7 Å². The van der Waals surface area contributed by atoms with E-state index in [1.165, 1.54) is 5.56 Å². The van der Waals surface area contributed by atoms with Gasteiger partial charge in [-0.25, -0.2) is 0 Å². The molecule has 3 rings (SSSR count). The lowest BCUT2D eigenvalue weighted by Gasteiger charge is -2.19. The summed E-state index contributed by atoms with van der Waals surface area (Å²) in [6.45, 7) is 2.03. The number of fused-ring (bicyclic) bond motifs is 1. The van der Waals surface area contributed by atoms with Crippen molar-refractivity contribution in [1.29, 1.82) is 0 Å². The zero-order valence-corrected chi connectivity index (χ0v) is 12.9. The molecule has 0 bridgehead atoms.